The van der Waals surface area contributed by atoms with Crippen LogP contribution in [0.3, 0.4) is 0 Å². The molecule has 2 N–H and O–H groups in total. The van der Waals surface area contributed by atoms with E-state index in [2.05, 4.69) is 34.1 Å². The van der Waals surface area contributed by atoms with E-state index < -0.39 is 0 Å². The Morgan fingerprint density at radius 2 is 1.97 bits per heavy atom. The lowest BCUT2D eigenvalue weighted by molar-refractivity contribution is -0.123. The maximum Gasteiger partial charge on any atom is 0.258 e. The van der Waals surface area contributed by atoms with Crippen molar-refractivity contribution in [2.45, 2.75) is 26.8 Å². The molecule has 1 aromatic heterocycles. The topological polar surface area (TPSA) is 82.6 Å². The van der Waals surface area contributed by atoms with Gasteiger partial charge in [0.15, 0.2) is 6.61 Å². The van der Waals surface area contributed by atoms with Gasteiger partial charge in [-0.2, -0.15) is 4.98 Å². The number of nitrogens with one attached hydrogen (secondary N) is 2. The quantitative estimate of drug-likeness (QED) is 0.567. The molecule has 0 saturated carbocycles. The second-order valence-electron chi connectivity index (χ2n) is 8.48. The first kappa shape index (κ1) is 24.3. The summed E-state index contributed by atoms with van der Waals surface area (Å²) in [4.78, 5) is 26.1. The number of carbonyl (C=O) groups is 1. The number of likely N-dealkylation sites (N-methyl/N-ethyl adjacent to an activating group) is 1. The van der Waals surface area contributed by atoms with E-state index in [1.54, 1.807) is 6.08 Å². The standard InChI is InChI=1S/C25H34N6O2/c1-6-8-19(4)27-23-16-22(28-25(29-23)31-13-11-30(5)12-14-31)20-9-7-10-21(15-20)33-17-24(32)26-18(2)3/h6-10,15-16,18H,1,11-14,17H2,2-5H3,(H,26,32)(H,27,28,29)/b19-8+. The minimum atomic E-state index is -0.147. The molecule has 1 aliphatic rings. The number of aromatic nitrogens is 2. The van der Waals surface area contributed by atoms with Crippen LogP contribution in [0, 0.1) is 0 Å². The number of ether oxygens (including phenoxy) is 1. The molecular weight excluding hydrogens is 416 g/mol. The maximum atomic E-state index is 11.9. The van der Waals surface area contributed by atoms with Crippen molar-refractivity contribution < 1.29 is 9.53 Å². The third kappa shape index (κ3) is 7.32. The molecule has 1 aromatic carbocycles. The first-order valence-electron chi connectivity index (χ1n) is 11.3. The van der Waals surface area contributed by atoms with Crippen LogP contribution in [0.15, 0.2) is 54.8 Å². The second-order valence-corrected chi connectivity index (χ2v) is 8.48. The average molecular weight is 451 g/mol. The Balaban J connectivity index is 1.87. The summed E-state index contributed by atoms with van der Waals surface area (Å²) in [7, 11) is 2.12. The molecule has 8 nitrogen and oxygen atoms in total. The summed E-state index contributed by atoms with van der Waals surface area (Å²) in [6, 6.07) is 9.61. The van der Waals surface area contributed by atoms with Crippen molar-refractivity contribution in [2.24, 2.45) is 0 Å². The van der Waals surface area contributed by atoms with Crippen LogP contribution in [0.1, 0.15) is 20.8 Å². The molecule has 1 aliphatic heterocycles. The monoisotopic (exact) mass is 450 g/mol. The fourth-order valence-electron chi connectivity index (χ4n) is 3.47. The van der Waals surface area contributed by atoms with Crippen molar-refractivity contribution in [3.05, 3.63) is 54.8 Å². The van der Waals surface area contributed by atoms with E-state index in [1.807, 2.05) is 57.2 Å². The molecule has 0 bridgehead atoms. The van der Waals surface area contributed by atoms with Gasteiger partial charge in [0.25, 0.3) is 5.91 Å². The Morgan fingerprint density at radius 1 is 1.21 bits per heavy atom. The number of hydrogen-bond acceptors (Lipinski definition) is 7. The number of piperazine rings is 1. The normalized spacial score (nSPS) is 14.8. The van der Waals surface area contributed by atoms with Crippen LogP contribution < -0.4 is 20.3 Å². The lowest BCUT2D eigenvalue weighted by Crippen LogP contribution is -2.45. The van der Waals surface area contributed by atoms with Crippen LogP contribution in [0.4, 0.5) is 11.8 Å². The van der Waals surface area contributed by atoms with Gasteiger partial charge in [-0.25, -0.2) is 4.98 Å². The summed E-state index contributed by atoms with van der Waals surface area (Å²) in [5, 5.41) is 6.16. The Morgan fingerprint density at radius 3 is 2.67 bits per heavy atom. The Labute approximate surface area is 196 Å². The molecule has 33 heavy (non-hydrogen) atoms. The van der Waals surface area contributed by atoms with E-state index in [0.29, 0.717) is 17.5 Å². The maximum absolute atomic E-state index is 11.9. The number of amides is 1. The van der Waals surface area contributed by atoms with Crippen LogP contribution in [0.2, 0.25) is 0 Å². The molecule has 176 valence electrons. The third-order valence-corrected chi connectivity index (χ3v) is 5.14. The number of rotatable bonds is 9. The van der Waals surface area contributed by atoms with Crippen molar-refractivity contribution in [3.8, 4) is 17.0 Å². The number of nitrogens with zero attached hydrogens (tertiary/aromatic N) is 4. The van der Waals surface area contributed by atoms with Gasteiger partial charge >= 0.3 is 0 Å². The van der Waals surface area contributed by atoms with E-state index in [0.717, 1.165) is 43.1 Å². The van der Waals surface area contributed by atoms with Crippen molar-refractivity contribution in [1.82, 2.24) is 20.2 Å². The number of allylic oxidation sites excluding steroid dienone is 3. The predicted octanol–water partition coefficient (Wildman–Crippen LogP) is 3.30. The van der Waals surface area contributed by atoms with Crippen molar-refractivity contribution in [1.29, 1.82) is 0 Å². The van der Waals surface area contributed by atoms with Crippen LogP contribution in [0.5, 0.6) is 5.75 Å². The van der Waals surface area contributed by atoms with Gasteiger partial charge in [-0.3, -0.25) is 4.79 Å². The molecule has 0 spiro atoms. The number of anilines is 2. The smallest absolute Gasteiger partial charge is 0.258 e. The number of carbonyl (C=O) groups excluding carboxylic acids is 1. The highest BCUT2D eigenvalue weighted by Gasteiger charge is 2.18. The second kappa shape index (κ2) is 11.5. The minimum Gasteiger partial charge on any atom is -0.484 e. The van der Waals surface area contributed by atoms with Gasteiger partial charge in [0.2, 0.25) is 5.95 Å². The van der Waals surface area contributed by atoms with Gasteiger partial charge in [-0.05, 0) is 46.0 Å². The Hall–Kier alpha value is -3.39. The first-order valence-corrected chi connectivity index (χ1v) is 11.3. The molecule has 0 radical (unpaired) electrons. The summed E-state index contributed by atoms with van der Waals surface area (Å²) in [5.41, 5.74) is 2.61. The molecule has 3 rings (SSSR count). The largest absolute Gasteiger partial charge is 0.484 e. The van der Waals surface area contributed by atoms with Crippen molar-refractivity contribution in [2.75, 3.05) is 50.1 Å². The van der Waals surface area contributed by atoms with Crippen LogP contribution in [0.25, 0.3) is 11.3 Å². The van der Waals surface area contributed by atoms with Crippen molar-refractivity contribution >= 4 is 17.7 Å². The molecule has 2 heterocycles. The Kier molecular flexibility index (Phi) is 8.43. The van der Waals surface area contributed by atoms with Gasteiger partial charge in [0, 0.05) is 49.5 Å². The zero-order valence-corrected chi connectivity index (χ0v) is 20.0. The zero-order chi connectivity index (χ0) is 23.8. The molecule has 2 aromatic rings. The summed E-state index contributed by atoms with van der Waals surface area (Å²) >= 11 is 0. The van der Waals surface area contributed by atoms with E-state index in [9.17, 15) is 4.79 Å². The molecule has 1 fully saturated rings. The zero-order valence-electron chi connectivity index (χ0n) is 20.0. The van der Waals surface area contributed by atoms with Crippen LogP contribution in [-0.2, 0) is 4.79 Å². The average Bonchev–Trinajstić information content (AvgIpc) is 2.78. The fourth-order valence-corrected chi connectivity index (χ4v) is 3.47. The Bertz CT molecular complexity index is 996. The SMILES string of the molecule is C=C/C=C(\C)Nc1cc(-c2cccc(OCC(=O)NC(C)C)c2)nc(N2CCN(C)CC2)n1. The first-order chi connectivity index (χ1) is 15.8. The minimum absolute atomic E-state index is 0.0314. The summed E-state index contributed by atoms with van der Waals surface area (Å²) in [6.07, 6.45) is 3.63. The molecule has 1 amide bonds. The van der Waals surface area contributed by atoms with Crippen LogP contribution >= 0.6 is 0 Å². The molecule has 0 unspecified atom stereocenters. The predicted molar refractivity (Wildman–Crippen MR) is 134 cm³/mol. The third-order valence-electron chi connectivity index (χ3n) is 5.14. The highest BCUT2D eigenvalue weighted by molar-refractivity contribution is 5.77. The molecular formula is C25H34N6O2. The fraction of sp³-hybridized carbons (Fsp3) is 0.400. The van der Waals surface area contributed by atoms with E-state index in [1.165, 1.54) is 0 Å². The van der Waals surface area contributed by atoms with Gasteiger partial charge < -0.3 is 25.2 Å². The summed E-state index contributed by atoms with van der Waals surface area (Å²) < 4.78 is 5.71. The van der Waals surface area contributed by atoms with Gasteiger partial charge in [-0.15, -0.1) is 0 Å². The van der Waals surface area contributed by atoms with Crippen LogP contribution in [-0.4, -0.2) is 66.7 Å². The van der Waals surface area contributed by atoms with E-state index >= 15 is 0 Å². The summed E-state index contributed by atoms with van der Waals surface area (Å²) in [5.74, 6) is 1.87. The lowest BCUT2D eigenvalue weighted by atomic mass is 10.1. The molecule has 0 atom stereocenters. The molecule has 0 aliphatic carbocycles. The van der Waals surface area contributed by atoms with E-state index in [-0.39, 0.29) is 18.6 Å². The molecule has 1 saturated heterocycles. The van der Waals surface area contributed by atoms with Crippen molar-refractivity contribution in [3.63, 3.8) is 0 Å². The number of benzene rings is 1. The van der Waals surface area contributed by atoms with Gasteiger partial charge in [0.1, 0.15) is 11.6 Å². The lowest BCUT2D eigenvalue weighted by Gasteiger charge is -2.32. The van der Waals surface area contributed by atoms with Gasteiger partial charge in [0.05, 0.1) is 5.69 Å². The highest BCUT2D eigenvalue weighted by Crippen LogP contribution is 2.27. The number of hydrogen-bond donors (Lipinski definition) is 2. The molecule has 8 heteroatoms. The van der Waals surface area contributed by atoms with E-state index in [4.69, 9.17) is 14.7 Å². The van der Waals surface area contributed by atoms with Gasteiger partial charge in [-0.1, -0.05) is 24.8 Å². The summed E-state index contributed by atoms with van der Waals surface area (Å²) in [6.45, 7) is 13.2. The highest BCUT2D eigenvalue weighted by atomic mass is 16.5.